The number of hydrogen-bond acceptors (Lipinski definition) is 4. The number of aliphatic imine (C=N–C) groups is 1. The summed E-state index contributed by atoms with van der Waals surface area (Å²) < 4.78 is 1.96. The minimum absolute atomic E-state index is 0. The van der Waals surface area contributed by atoms with E-state index in [2.05, 4.69) is 68.5 Å². The monoisotopic (exact) mass is 509 g/mol. The Kier molecular flexibility index (Phi) is 8.94. The van der Waals surface area contributed by atoms with Crippen LogP contribution in [-0.4, -0.2) is 40.4 Å². The zero-order valence-electron chi connectivity index (χ0n) is 17.6. The van der Waals surface area contributed by atoms with E-state index in [9.17, 15) is 0 Å². The summed E-state index contributed by atoms with van der Waals surface area (Å²) in [7, 11) is 1.96. The second-order valence-corrected chi connectivity index (χ2v) is 7.21. The molecule has 1 aromatic carbocycles. The Bertz CT molecular complexity index is 824. The third-order valence-electron chi connectivity index (χ3n) is 5.17. The van der Waals surface area contributed by atoms with Crippen molar-refractivity contribution in [3.63, 3.8) is 0 Å². The number of aryl methyl sites for hydroxylation is 1. The van der Waals surface area contributed by atoms with Crippen LogP contribution in [0.15, 0.2) is 41.9 Å². The minimum atomic E-state index is 0. The SMILES string of the molecule is C=CCNC(=NCc1nnc(C)n1C)NC(C)c1cccc(N2CCCC2)c1.I. The molecule has 1 atom stereocenters. The Morgan fingerprint density at radius 1 is 1.31 bits per heavy atom. The van der Waals surface area contributed by atoms with E-state index >= 15 is 0 Å². The molecule has 1 aliphatic rings. The Balaban J connectivity index is 0.00000300. The van der Waals surface area contributed by atoms with E-state index in [1.165, 1.54) is 24.1 Å². The zero-order chi connectivity index (χ0) is 19.9. The first kappa shape index (κ1) is 23.2. The van der Waals surface area contributed by atoms with Gasteiger partial charge in [-0.3, -0.25) is 0 Å². The summed E-state index contributed by atoms with van der Waals surface area (Å²) in [6.45, 7) is 11.3. The van der Waals surface area contributed by atoms with Crippen molar-refractivity contribution in [1.82, 2.24) is 25.4 Å². The topological polar surface area (TPSA) is 70.4 Å². The molecule has 0 amide bonds. The maximum absolute atomic E-state index is 4.68. The first-order chi connectivity index (χ1) is 13.6. The summed E-state index contributed by atoms with van der Waals surface area (Å²) in [5.41, 5.74) is 2.54. The van der Waals surface area contributed by atoms with Crippen LogP contribution in [0, 0.1) is 6.92 Å². The number of guanidine groups is 1. The summed E-state index contributed by atoms with van der Waals surface area (Å²) in [5.74, 6) is 2.45. The molecule has 2 N–H and O–H groups in total. The molecule has 1 aromatic heterocycles. The highest BCUT2D eigenvalue weighted by molar-refractivity contribution is 14.0. The number of nitrogens with zero attached hydrogens (tertiary/aromatic N) is 5. The van der Waals surface area contributed by atoms with E-state index in [0.717, 1.165) is 30.7 Å². The third-order valence-corrected chi connectivity index (χ3v) is 5.17. The van der Waals surface area contributed by atoms with Gasteiger partial charge in [-0.1, -0.05) is 18.2 Å². The van der Waals surface area contributed by atoms with Gasteiger partial charge in [-0.15, -0.1) is 40.8 Å². The second-order valence-electron chi connectivity index (χ2n) is 7.21. The van der Waals surface area contributed by atoms with Gasteiger partial charge < -0.3 is 20.1 Å². The smallest absolute Gasteiger partial charge is 0.192 e. The van der Waals surface area contributed by atoms with Gasteiger partial charge in [0.25, 0.3) is 0 Å². The van der Waals surface area contributed by atoms with Crippen molar-refractivity contribution in [3.8, 4) is 0 Å². The van der Waals surface area contributed by atoms with Gasteiger partial charge in [0.15, 0.2) is 11.8 Å². The van der Waals surface area contributed by atoms with Gasteiger partial charge in [0, 0.05) is 32.4 Å². The Labute approximate surface area is 190 Å². The summed E-state index contributed by atoms with van der Waals surface area (Å²) in [4.78, 5) is 7.14. The fourth-order valence-electron chi connectivity index (χ4n) is 3.31. The van der Waals surface area contributed by atoms with Gasteiger partial charge in [0.05, 0.1) is 6.04 Å². The first-order valence-electron chi connectivity index (χ1n) is 9.94. The van der Waals surface area contributed by atoms with Crippen LogP contribution < -0.4 is 15.5 Å². The Morgan fingerprint density at radius 3 is 2.72 bits per heavy atom. The van der Waals surface area contributed by atoms with Crippen molar-refractivity contribution < 1.29 is 0 Å². The Morgan fingerprint density at radius 2 is 2.07 bits per heavy atom. The molecule has 7 nitrogen and oxygen atoms in total. The number of benzene rings is 1. The molecule has 0 aliphatic carbocycles. The maximum Gasteiger partial charge on any atom is 0.192 e. The highest BCUT2D eigenvalue weighted by Crippen LogP contribution is 2.23. The molecule has 2 aromatic rings. The van der Waals surface area contributed by atoms with Crippen molar-refractivity contribution >= 4 is 35.6 Å². The van der Waals surface area contributed by atoms with Gasteiger partial charge in [-0.25, -0.2) is 4.99 Å². The van der Waals surface area contributed by atoms with E-state index in [-0.39, 0.29) is 30.0 Å². The third kappa shape index (κ3) is 6.19. The molecular weight excluding hydrogens is 477 g/mol. The van der Waals surface area contributed by atoms with E-state index < -0.39 is 0 Å². The van der Waals surface area contributed by atoms with Crippen LogP contribution in [0.3, 0.4) is 0 Å². The van der Waals surface area contributed by atoms with Crippen LogP contribution in [0.5, 0.6) is 0 Å². The fraction of sp³-hybridized carbons (Fsp3) is 0.476. The highest BCUT2D eigenvalue weighted by Gasteiger charge is 2.14. The van der Waals surface area contributed by atoms with Crippen LogP contribution >= 0.6 is 24.0 Å². The molecule has 3 rings (SSSR count). The number of halogens is 1. The lowest BCUT2D eigenvalue weighted by Crippen LogP contribution is -2.39. The van der Waals surface area contributed by atoms with Gasteiger partial charge >= 0.3 is 0 Å². The number of nitrogens with one attached hydrogen (secondary N) is 2. The van der Waals surface area contributed by atoms with Crippen LogP contribution in [0.4, 0.5) is 5.69 Å². The molecular formula is C21H32IN7. The molecule has 2 heterocycles. The van der Waals surface area contributed by atoms with Crippen LogP contribution in [0.25, 0.3) is 0 Å². The first-order valence-corrected chi connectivity index (χ1v) is 9.94. The molecule has 1 saturated heterocycles. The van der Waals surface area contributed by atoms with E-state index in [4.69, 9.17) is 0 Å². The van der Waals surface area contributed by atoms with Gasteiger partial charge in [0.2, 0.25) is 0 Å². The molecule has 0 saturated carbocycles. The molecule has 158 valence electrons. The molecule has 1 fully saturated rings. The van der Waals surface area contributed by atoms with Crippen LogP contribution in [0.1, 0.15) is 43.0 Å². The summed E-state index contributed by atoms with van der Waals surface area (Å²) in [6.07, 6.45) is 4.38. The number of anilines is 1. The molecule has 0 bridgehead atoms. The van der Waals surface area contributed by atoms with Crippen molar-refractivity contribution in [2.45, 2.75) is 39.3 Å². The molecule has 1 unspecified atom stereocenters. The fourth-order valence-corrected chi connectivity index (χ4v) is 3.31. The minimum Gasteiger partial charge on any atom is -0.372 e. The highest BCUT2D eigenvalue weighted by atomic mass is 127. The summed E-state index contributed by atoms with van der Waals surface area (Å²) in [6, 6.07) is 8.90. The second kappa shape index (κ2) is 11.2. The lowest BCUT2D eigenvalue weighted by Gasteiger charge is -2.22. The number of hydrogen-bond donors (Lipinski definition) is 2. The van der Waals surface area contributed by atoms with Crippen LogP contribution in [0.2, 0.25) is 0 Å². The molecule has 0 radical (unpaired) electrons. The average molecular weight is 509 g/mol. The molecule has 29 heavy (non-hydrogen) atoms. The molecule has 0 spiro atoms. The van der Waals surface area contributed by atoms with Crippen molar-refractivity contribution in [2.24, 2.45) is 12.0 Å². The summed E-state index contributed by atoms with van der Waals surface area (Å²) in [5, 5.41) is 15.1. The lowest BCUT2D eigenvalue weighted by atomic mass is 10.1. The largest absolute Gasteiger partial charge is 0.372 e. The molecule has 1 aliphatic heterocycles. The standard InChI is InChI=1S/C21H31N7.HI/c1-5-11-22-21(23-15-20-26-25-17(3)27(20)4)24-16(2)18-9-8-10-19(14-18)28-12-6-7-13-28;/h5,8-10,14,16H,1,6-7,11-13,15H2,2-4H3,(H2,22,23,24);1H. The quantitative estimate of drug-likeness (QED) is 0.260. The van der Waals surface area contributed by atoms with Crippen molar-refractivity contribution in [3.05, 3.63) is 54.1 Å². The number of rotatable bonds is 7. The lowest BCUT2D eigenvalue weighted by molar-refractivity contribution is 0.684. The zero-order valence-corrected chi connectivity index (χ0v) is 19.9. The van der Waals surface area contributed by atoms with Gasteiger partial charge in [-0.2, -0.15) is 0 Å². The van der Waals surface area contributed by atoms with Gasteiger partial charge in [-0.05, 0) is 44.4 Å². The van der Waals surface area contributed by atoms with Crippen LogP contribution in [-0.2, 0) is 13.6 Å². The average Bonchev–Trinajstić information content (AvgIpc) is 3.35. The van der Waals surface area contributed by atoms with Gasteiger partial charge in [0.1, 0.15) is 12.4 Å². The maximum atomic E-state index is 4.68. The normalized spacial score (nSPS) is 15.0. The van der Waals surface area contributed by atoms with E-state index in [0.29, 0.717) is 13.1 Å². The van der Waals surface area contributed by atoms with E-state index in [1.807, 2.05) is 24.6 Å². The predicted molar refractivity (Wildman–Crippen MR) is 130 cm³/mol. The number of aromatic nitrogens is 3. The van der Waals surface area contributed by atoms with Crippen molar-refractivity contribution in [2.75, 3.05) is 24.5 Å². The van der Waals surface area contributed by atoms with Crippen molar-refractivity contribution in [1.29, 1.82) is 0 Å². The Hall–Kier alpha value is -2.10. The molecule has 8 heteroatoms. The predicted octanol–water partition coefficient (Wildman–Crippen LogP) is 3.32. The van der Waals surface area contributed by atoms with E-state index in [1.54, 1.807) is 0 Å². The summed E-state index contributed by atoms with van der Waals surface area (Å²) >= 11 is 0.